The summed E-state index contributed by atoms with van der Waals surface area (Å²) in [5.41, 5.74) is 7.52. The van der Waals surface area contributed by atoms with Crippen molar-refractivity contribution in [3.8, 4) is 16.9 Å². The molecule has 3 aromatic heterocycles. The van der Waals surface area contributed by atoms with Gasteiger partial charge in [0.25, 0.3) is 0 Å². The van der Waals surface area contributed by atoms with E-state index in [4.69, 9.17) is 36.0 Å². The van der Waals surface area contributed by atoms with Crippen LogP contribution in [-0.2, 0) is 49.6 Å². The minimum absolute atomic E-state index is 0.196. The van der Waals surface area contributed by atoms with Gasteiger partial charge in [0.2, 0.25) is 0 Å². The molecule has 4 heterocycles. The van der Waals surface area contributed by atoms with Crippen LogP contribution >= 0.6 is 11.6 Å². The van der Waals surface area contributed by atoms with Crippen LogP contribution in [0.25, 0.3) is 32.8 Å². The van der Waals surface area contributed by atoms with Crippen molar-refractivity contribution in [1.82, 2.24) is 24.1 Å². The van der Waals surface area contributed by atoms with Gasteiger partial charge >= 0.3 is 5.97 Å². The highest BCUT2D eigenvalue weighted by molar-refractivity contribution is 6.35. The van der Waals surface area contributed by atoms with Gasteiger partial charge in [-0.05, 0) is 99.0 Å². The molecule has 1 unspecified atom stereocenters. The summed E-state index contributed by atoms with van der Waals surface area (Å²) >= 11 is 7.09. The summed E-state index contributed by atoms with van der Waals surface area (Å²) in [4.78, 5) is 12.9. The second kappa shape index (κ2) is 14.7. The second-order valence-corrected chi connectivity index (χ2v) is 13.8. The van der Waals surface area contributed by atoms with E-state index in [1.165, 1.54) is 12.1 Å². The summed E-state index contributed by atoms with van der Waals surface area (Å²) in [5.74, 6) is -0.675. The van der Waals surface area contributed by atoms with Gasteiger partial charge in [0.15, 0.2) is 0 Å². The molecule has 12 heteroatoms. The van der Waals surface area contributed by atoms with Crippen LogP contribution in [0.15, 0.2) is 48.5 Å². The van der Waals surface area contributed by atoms with Gasteiger partial charge in [0.05, 0.1) is 24.6 Å². The molecule has 10 nitrogen and oxygen atoms in total. The molecule has 1 N–H and O–H groups in total. The Kier molecular flexibility index (Phi) is 10.1. The Morgan fingerprint density at radius 2 is 1.88 bits per heavy atom. The molecule has 6 aromatic rings. The highest BCUT2D eigenvalue weighted by Crippen LogP contribution is 2.44. The van der Waals surface area contributed by atoms with Crippen molar-refractivity contribution in [2.75, 3.05) is 19.8 Å². The van der Waals surface area contributed by atoms with Crippen LogP contribution in [-0.4, -0.2) is 55.0 Å². The van der Waals surface area contributed by atoms with Crippen molar-refractivity contribution < 1.29 is 28.5 Å². The van der Waals surface area contributed by atoms with Crippen molar-refractivity contribution in [2.24, 2.45) is 14.1 Å². The predicted octanol–water partition coefficient (Wildman–Crippen LogP) is 8.29. The number of carboxylic acid groups (broad SMARTS) is 1. The van der Waals surface area contributed by atoms with Gasteiger partial charge in [-0.3, -0.25) is 9.36 Å². The van der Waals surface area contributed by atoms with Crippen LogP contribution in [0.2, 0.25) is 5.02 Å². The standard InChI is InChI=1S/C40H43ClFN5O5/c1-6-50-17-14-33-38-36(24(3)45(4)44-38)37-31(41)12-13-32-35(37)23(2)39(40(48)49)47(32)15-7-16-51-34-19-25(18-26-20-27(42)9-11-30(26)34)8-10-29-21-28(22-52-33)43-46(29)5/h9,11-13,18-21,33H,6-8,10,14-17,22H2,1-5H3,(H,48,49). The van der Waals surface area contributed by atoms with E-state index in [1.54, 1.807) is 6.07 Å². The average molecular weight is 728 g/mol. The van der Waals surface area contributed by atoms with Crippen molar-refractivity contribution in [3.63, 3.8) is 0 Å². The highest BCUT2D eigenvalue weighted by Gasteiger charge is 2.30. The number of fused-ring (bicyclic) bond motifs is 8. The van der Waals surface area contributed by atoms with Crippen molar-refractivity contribution >= 4 is 39.2 Å². The first kappa shape index (κ1) is 35.7. The first-order chi connectivity index (χ1) is 25.0. The number of hydrogen-bond acceptors (Lipinski definition) is 6. The van der Waals surface area contributed by atoms with E-state index in [-0.39, 0.29) is 18.1 Å². The number of nitrogens with zero attached hydrogens (tertiary/aromatic N) is 5. The van der Waals surface area contributed by atoms with E-state index in [9.17, 15) is 14.3 Å². The van der Waals surface area contributed by atoms with Crippen molar-refractivity contribution in [1.29, 1.82) is 0 Å². The van der Waals surface area contributed by atoms with Crippen LogP contribution in [0.4, 0.5) is 4.39 Å². The van der Waals surface area contributed by atoms with E-state index < -0.39 is 12.1 Å². The third-order valence-corrected chi connectivity index (χ3v) is 10.4. The van der Waals surface area contributed by atoms with Crippen LogP contribution in [0, 0.1) is 19.7 Å². The zero-order valence-electron chi connectivity index (χ0n) is 30.1. The smallest absolute Gasteiger partial charge is 0.352 e. The largest absolute Gasteiger partial charge is 0.493 e. The normalized spacial score (nSPS) is 15.5. The first-order valence-electron chi connectivity index (χ1n) is 17.7. The number of aryl methyl sites for hydroxylation is 6. The van der Waals surface area contributed by atoms with Gasteiger partial charge in [-0.1, -0.05) is 17.7 Å². The Bertz CT molecular complexity index is 2310. The SMILES string of the molecule is CCOCCC1OCc2cc(n(C)n2)CCc2cc(c3ccc(F)cc3c2)OCCCn2c(C(=O)O)c(C)c3c(c(Cl)ccc32)-c2c1nn(C)c2C. The molecule has 1 aliphatic heterocycles. The van der Waals surface area contributed by atoms with E-state index in [1.807, 2.05) is 73.1 Å². The van der Waals surface area contributed by atoms with E-state index >= 15 is 0 Å². The molecule has 0 saturated heterocycles. The minimum atomic E-state index is -1.03. The molecular weight excluding hydrogens is 685 g/mol. The summed E-state index contributed by atoms with van der Waals surface area (Å²) in [6.45, 7) is 7.76. The maximum atomic E-state index is 14.4. The summed E-state index contributed by atoms with van der Waals surface area (Å²) in [6.07, 6.45) is 1.99. The predicted molar refractivity (Wildman–Crippen MR) is 199 cm³/mol. The van der Waals surface area contributed by atoms with Crippen molar-refractivity contribution in [2.45, 2.75) is 65.7 Å². The van der Waals surface area contributed by atoms with Crippen LogP contribution < -0.4 is 4.74 Å². The lowest BCUT2D eigenvalue weighted by Crippen LogP contribution is -2.12. The third kappa shape index (κ3) is 6.68. The fraction of sp³-hybridized carbons (Fsp3) is 0.375. The lowest BCUT2D eigenvalue weighted by atomic mass is 9.94. The molecule has 7 rings (SSSR count). The third-order valence-electron chi connectivity index (χ3n) is 10.1. The zero-order chi connectivity index (χ0) is 36.7. The highest BCUT2D eigenvalue weighted by atomic mass is 35.5. The molecule has 272 valence electrons. The minimum Gasteiger partial charge on any atom is -0.493 e. The Morgan fingerprint density at radius 3 is 2.67 bits per heavy atom. The summed E-state index contributed by atoms with van der Waals surface area (Å²) in [6, 6.07) is 14.5. The number of hydrogen-bond donors (Lipinski definition) is 1. The number of carboxylic acids is 1. The molecule has 3 aromatic carbocycles. The number of aromatic nitrogens is 5. The molecule has 0 saturated carbocycles. The van der Waals surface area contributed by atoms with E-state index in [2.05, 4.69) is 6.07 Å². The maximum absolute atomic E-state index is 14.4. The number of ether oxygens (including phenoxy) is 3. The van der Waals surface area contributed by atoms with Gasteiger partial charge in [-0.15, -0.1) is 0 Å². The number of carbonyl (C=O) groups is 1. The molecule has 8 bridgehead atoms. The van der Waals surface area contributed by atoms with Crippen LogP contribution in [0.5, 0.6) is 5.75 Å². The molecule has 52 heavy (non-hydrogen) atoms. The van der Waals surface area contributed by atoms with Gasteiger partial charge in [-0.2, -0.15) is 10.2 Å². The zero-order valence-corrected chi connectivity index (χ0v) is 30.9. The van der Waals surface area contributed by atoms with Gasteiger partial charge in [-0.25, -0.2) is 9.18 Å². The summed E-state index contributed by atoms with van der Waals surface area (Å²) in [5, 5.41) is 23.1. The molecule has 0 amide bonds. The maximum Gasteiger partial charge on any atom is 0.352 e. The Labute approximate surface area is 306 Å². The molecule has 0 radical (unpaired) electrons. The van der Waals surface area contributed by atoms with E-state index in [0.29, 0.717) is 74.1 Å². The number of aromatic carboxylic acids is 1. The lowest BCUT2D eigenvalue weighted by molar-refractivity contribution is 0.00793. The molecule has 1 aliphatic rings. The average Bonchev–Trinajstić information content (AvgIpc) is 3.72. The lowest BCUT2D eigenvalue weighted by Gasteiger charge is -2.19. The van der Waals surface area contributed by atoms with Crippen molar-refractivity contribution in [3.05, 3.63) is 99.0 Å². The van der Waals surface area contributed by atoms with Crippen LogP contribution in [0.1, 0.15) is 70.3 Å². The molecule has 0 aliphatic carbocycles. The second-order valence-electron chi connectivity index (χ2n) is 13.4. The number of rotatable bonds is 5. The summed E-state index contributed by atoms with van der Waals surface area (Å²) < 4.78 is 38.8. The summed E-state index contributed by atoms with van der Waals surface area (Å²) in [7, 11) is 3.82. The molecule has 0 fully saturated rings. The Hall–Kier alpha value is -4.71. The van der Waals surface area contributed by atoms with E-state index in [0.717, 1.165) is 55.4 Å². The number of halogens is 2. The number of benzene rings is 3. The monoisotopic (exact) mass is 727 g/mol. The first-order valence-corrected chi connectivity index (χ1v) is 18.1. The molecule has 1 atom stereocenters. The van der Waals surface area contributed by atoms with Gasteiger partial charge in [0.1, 0.15) is 23.4 Å². The van der Waals surface area contributed by atoms with Gasteiger partial charge in [0, 0.05) is 84.1 Å². The Morgan fingerprint density at radius 1 is 1.06 bits per heavy atom. The fourth-order valence-corrected chi connectivity index (χ4v) is 7.79. The molecule has 0 spiro atoms. The van der Waals surface area contributed by atoms with Crippen LogP contribution in [0.3, 0.4) is 0 Å². The quantitative estimate of drug-likeness (QED) is 0.178. The topological polar surface area (TPSA) is 106 Å². The van der Waals surface area contributed by atoms with Gasteiger partial charge < -0.3 is 23.9 Å². The Balaban J connectivity index is 1.39. The molecular formula is C40H43ClFN5O5. The fourth-order valence-electron chi connectivity index (χ4n) is 7.53.